The van der Waals surface area contributed by atoms with Crippen LogP contribution >= 0.6 is 15.9 Å². The number of rotatable bonds is 2. The summed E-state index contributed by atoms with van der Waals surface area (Å²) in [6.45, 7) is 0. The molecule has 0 saturated carbocycles. The molecule has 0 atom stereocenters. The van der Waals surface area contributed by atoms with E-state index in [1.54, 1.807) is 18.3 Å². The maximum Gasteiger partial charge on any atom is 0.219 e. The number of hydrogen-bond donors (Lipinski definition) is 1. The predicted molar refractivity (Wildman–Crippen MR) is 62.9 cm³/mol. The Hall–Kier alpha value is -1.55. The van der Waals surface area contributed by atoms with Gasteiger partial charge in [0.2, 0.25) is 5.88 Å². The molecule has 0 aliphatic carbocycles. The molecule has 0 amide bonds. The highest BCUT2D eigenvalue weighted by Gasteiger charge is 2.06. The summed E-state index contributed by atoms with van der Waals surface area (Å²) >= 11 is 3.37. The molecule has 0 bridgehead atoms. The third kappa shape index (κ3) is 2.27. The second-order valence-electron chi connectivity index (χ2n) is 2.93. The van der Waals surface area contributed by atoms with Crippen LogP contribution in [0.5, 0.6) is 11.6 Å². The summed E-state index contributed by atoms with van der Waals surface area (Å²) in [6.07, 6.45) is 1.67. The van der Waals surface area contributed by atoms with Crippen molar-refractivity contribution in [1.82, 2.24) is 4.98 Å². The van der Waals surface area contributed by atoms with Crippen LogP contribution in [0.1, 0.15) is 0 Å². The molecule has 0 fully saturated rings. The lowest BCUT2D eigenvalue weighted by molar-refractivity contribution is 0.462. The van der Waals surface area contributed by atoms with Gasteiger partial charge in [-0.15, -0.1) is 0 Å². The maximum atomic E-state index is 5.79. The third-order valence-corrected chi connectivity index (χ3v) is 2.47. The van der Waals surface area contributed by atoms with Crippen LogP contribution in [0, 0.1) is 0 Å². The fourth-order valence-corrected chi connectivity index (χ4v) is 1.61. The number of nitrogen functional groups attached to an aromatic ring is 1. The average molecular weight is 265 g/mol. The van der Waals surface area contributed by atoms with E-state index in [4.69, 9.17) is 10.5 Å². The zero-order valence-electron chi connectivity index (χ0n) is 7.85. The minimum absolute atomic E-state index is 0.524. The van der Waals surface area contributed by atoms with Crippen LogP contribution in [-0.4, -0.2) is 4.98 Å². The fraction of sp³-hybridized carbons (Fsp3) is 0. The highest BCUT2D eigenvalue weighted by Crippen LogP contribution is 2.33. The molecular weight excluding hydrogens is 256 g/mol. The molecule has 1 aromatic heterocycles. The molecule has 0 aliphatic heterocycles. The number of anilines is 1. The number of nitrogens with zero attached hydrogens (tertiary/aromatic N) is 1. The first-order valence-corrected chi connectivity index (χ1v) is 5.19. The Morgan fingerprint density at radius 3 is 2.67 bits per heavy atom. The number of benzene rings is 1. The number of hydrogen-bond acceptors (Lipinski definition) is 3. The van der Waals surface area contributed by atoms with Crippen LogP contribution in [0.4, 0.5) is 5.69 Å². The van der Waals surface area contributed by atoms with E-state index in [1.165, 1.54) is 0 Å². The molecule has 2 rings (SSSR count). The van der Waals surface area contributed by atoms with Crippen molar-refractivity contribution < 1.29 is 4.74 Å². The minimum atomic E-state index is 0.524. The van der Waals surface area contributed by atoms with Crippen LogP contribution in [-0.2, 0) is 0 Å². The van der Waals surface area contributed by atoms with Crippen LogP contribution in [0.2, 0.25) is 0 Å². The largest absolute Gasteiger partial charge is 0.436 e. The molecule has 0 unspecified atom stereocenters. The predicted octanol–water partition coefficient (Wildman–Crippen LogP) is 3.22. The van der Waals surface area contributed by atoms with Crippen molar-refractivity contribution in [2.45, 2.75) is 0 Å². The van der Waals surface area contributed by atoms with E-state index in [2.05, 4.69) is 20.9 Å². The van der Waals surface area contributed by atoms with Gasteiger partial charge in [0.15, 0.2) is 5.75 Å². The van der Waals surface area contributed by atoms with Crippen LogP contribution in [0.15, 0.2) is 47.1 Å². The van der Waals surface area contributed by atoms with Crippen molar-refractivity contribution >= 4 is 21.6 Å². The van der Waals surface area contributed by atoms with E-state index in [0.717, 1.165) is 4.47 Å². The van der Waals surface area contributed by atoms with Gasteiger partial charge < -0.3 is 10.5 Å². The number of para-hydroxylation sites is 1. The Balaban J connectivity index is 2.32. The molecule has 0 spiro atoms. The monoisotopic (exact) mass is 264 g/mol. The number of nitrogens with two attached hydrogens (primary N) is 1. The lowest BCUT2D eigenvalue weighted by Crippen LogP contribution is -1.93. The fourth-order valence-electron chi connectivity index (χ4n) is 1.15. The van der Waals surface area contributed by atoms with E-state index in [-0.39, 0.29) is 0 Å². The molecular formula is C11H9BrN2O. The van der Waals surface area contributed by atoms with E-state index in [0.29, 0.717) is 17.3 Å². The zero-order chi connectivity index (χ0) is 10.7. The molecule has 0 aliphatic rings. The summed E-state index contributed by atoms with van der Waals surface area (Å²) in [6, 6.07) is 11.0. The first kappa shape index (κ1) is 9.98. The number of ether oxygens (including phenoxy) is 1. The Bertz CT molecular complexity index is 439. The third-order valence-electron chi connectivity index (χ3n) is 1.84. The number of halogens is 1. The first-order valence-electron chi connectivity index (χ1n) is 4.40. The first-order chi connectivity index (χ1) is 7.27. The molecule has 3 nitrogen and oxygen atoms in total. The molecule has 4 heteroatoms. The molecule has 0 radical (unpaired) electrons. The van der Waals surface area contributed by atoms with Crippen LogP contribution in [0.25, 0.3) is 0 Å². The molecule has 2 N–H and O–H groups in total. The van der Waals surface area contributed by atoms with Crippen LogP contribution in [0.3, 0.4) is 0 Å². The van der Waals surface area contributed by atoms with E-state index in [9.17, 15) is 0 Å². The van der Waals surface area contributed by atoms with Crippen molar-refractivity contribution in [2.24, 2.45) is 0 Å². The maximum absolute atomic E-state index is 5.79. The summed E-state index contributed by atoms with van der Waals surface area (Å²) in [5.74, 6) is 1.12. The minimum Gasteiger partial charge on any atom is -0.436 e. The van der Waals surface area contributed by atoms with Gasteiger partial charge in [0, 0.05) is 12.3 Å². The smallest absolute Gasteiger partial charge is 0.219 e. The Morgan fingerprint density at radius 2 is 2.00 bits per heavy atom. The Morgan fingerprint density at radius 1 is 1.13 bits per heavy atom. The van der Waals surface area contributed by atoms with Gasteiger partial charge in [0.1, 0.15) is 0 Å². The van der Waals surface area contributed by atoms with Crippen molar-refractivity contribution in [2.75, 3.05) is 5.73 Å². The van der Waals surface area contributed by atoms with Gasteiger partial charge in [-0.1, -0.05) is 12.1 Å². The molecule has 1 heterocycles. The average Bonchev–Trinajstić information content (AvgIpc) is 2.25. The summed E-state index contributed by atoms with van der Waals surface area (Å²) in [4.78, 5) is 4.06. The van der Waals surface area contributed by atoms with Gasteiger partial charge in [-0.2, -0.15) is 0 Å². The summed E-state index contributed by atoms with van der Waals surface area (Å²) < 4.78 is 6.37. The number of aromatic nitrogens is 1. The standard InChI is InChI=1S/C11H9BrN2O/c12-8-4-3-5-9(13)11(8)15-10-6-1-2-7-14-10/h1-7H,13H2. The van der Waals surface area contributed by atoms with Crippen molar-refractivity contribution in [3.05, 3.63) is 47.1 Å². The quantitative estimate of drug-likeness (QED) is 0.848. The van der Waals surface area contributed by atoms with Gasteiger partial charge in [0.05, 0.1) is 10.2 Å². The Labute approximate surface area is 96.0 Å². The van der Waals surface area contributed by atoms with Crippen molar-refractivity contribution in [1.29, 1.82) is 0 Å². The SMILES string of the molecule is Nc1cccc(Br)c1Oc1ccccn1. The van der Waals surface area contributed by atoms with Gasteiger partial charge >= 0.3 is 0 Å². The summed E-state index contributed by atoms with van der Waals surface area (Å²) in [7, 11) is 0. The van der Waals surface area contributed by atoms with Crippen molar-refractivity contribution in [3.63, 3.8) is 0 Å². The lowest BCUT2D eigenvalue weighted by atomic mass is 10.3. The molecule has 15 heavy (non-hydrogen) atoms. The van der Waals surface area contributed by atoms with Gasteiger partial charge in [-0.3, -0.25) is 0 Å². The highest BCUT2D eigenvalue weighted by atomic mass is 79.9. The van der Waals surface area contributed by atoms with Crippen molar-refractivity contribution in [3.8, 4) is 11.6 Å². The van der Waals surface area contributed by atoms with E-state index in [1.807, 2.05) is 24.3 Å². The second-order valence-corrected chi connectivity index (χ2v) is 3.78. The number of pyridine rings is 1. The van der Waals surface area contributed by atoms with E-state index < -0.39 is 0 Å². The summed E-state index contributed by atoms with van der Waals surface area (Å²) in [5, 5.41) is 0. The second kappa shape index (κ2) is 4.31. The molecule has 2 aromatic rings. The highest BCUT2D eigenvalue weighted by molar-refractivity contribution is 9.10. The zero-order valence-corrected chi connectivity index (χ0v) is 9.44. The summed E-state index contributed by atoms with van der Waals surface area (Å²) in [5.41, 5.74) is 6.37. The van der Waals surface area contributed by atoms with E-state index >= 15 is 0 Å². The molecule has 1 aromatic carbocycles. The van der Waals surface area contributed by atoms with Gasteiger partial charge in [-0.25, -0.2) is 4.98 Å². The normalized spacial score (nSPS) is 9.93. The topological polar surface area (TPSA) is 48.1 Å². The molecule has 76 valence electrons. The molecule has 0 saturated heterocycles. The van der Waals surface area contributed by atoms with Crippen LogP contribution < -0.4 is 10.5 Å². The Kier molecular flexibility index (Phi) is 2.87. The van der Waals surface area contributed by atoms with Gasteiger partial charge in [-0.05, 0) is 34.1 Å². The van der Waals surface area contributed by atoms with Gasteiger partial charge in [0.25, 0.3) is 0 Å². The lowest BCUT2D eigenvalue weighted by Gasteiger charge is -2.08.